The average molecular weight is 418 g/mol. The zero-order chi connectivity index (χ0) is 21.4. The lowest BCUT2D eigenvalue weighted by Gasteiger charge is -2.32. The van der Waals surface area contributed by atoms with Crippen molar-refractivity contribution >= 4 is 22.8 Å². The molecule has 3 aromatic heterocycles. The summed E-state index contributed by atoms with van der Waals surface area (Å²) in [6, 6.07) is 9.06. The van der Waals surface area contributed by atoms with Gasteiger partial charge in [0.05, 0.1) is 23.9 Å². The standard InChI is InChI=1S/C21H22N8O2/c22-20-19-17(9-16(25-26-19)15-3-1-2-4-18(15)31)29(27-20)14-5-7-28(8-6-14)21-23-10-13(12-30)11-24-21/h1-4,9-11,14,30-31H,5-8,12H2,(H2,22,27). The molecule has 10 heteroatoms. The molecule has 1 aromatic carbocycles. The van der Waals surface area contributed by atoms with E-state index in [1.165, 1.54) is 0 Å². The number of nitrogens with zero attached hydrogens (tertiary/aromatic N) is 7. The summed E-state index contributed by atoms with van der Waals surface area (Å²) in [7, 11) is 0. The minimum Gasteiger partial charge on any atom is -0.507 e. The summed E-state index contributed by atoms with van der Waals surface area (Å²) in [4.78, 5) is 10.8. The minimum absolute atomic E-state index is 0.0677. The first-order valence-corrected chi connectivity index (χ1v) is 10.1. The SMILES string of the molecule is Nc1nn(C2CCN(c3ncc(CO)cn3)CC2)c2cc(-c3ccccc3O)nnc12. The van der Waals surface area contributed by atoms with Gasteiger partial charge in [-0.3, -0.25) is 4.68 Å². The smallest absolute Gasteiger partial charge is 0.225 e. The van der Waals surface area contributed by atoms with Crippen LogP contribution in [0.1, 0.15) is 24.4 Å². The van der Waals surface area contributed by atoms with Gasteiger partial charge in [-0.1, -0.05) is 12.1 Å². The lowest BCUT2D eigenvalue weighted by atomic mass is 10.1. The van der Waals surface area contributed by atoms with Gasteiger partial charge in [-0.2, -0.15) is 5.10 Å². The first-order valence-electron chi connectivity index (χ1n) is 10.1. The Bertz CT molecular complexity index is 1220. The lowest BCUT2D eigenvalue weighted by Crippen LogP contribution is -2.36. The summed E-state index contributed by atoms with van der Waals surface area (Å²) < 4.78 is 1.93. The Kier molecular flexibility index (Phi) is 4.83. The van der Waals surface area contributed by atoms with Gasteiger partial charge >= 0.3 is 0 Å². The number of phenolic OH excluding ortho intramolecular Hbond substituents is 1. The lowest BCUT2D eigenvalue weighted by molar-refractivity contribution is 0.281. The van der Waals surface area contributed by atoms with E-state index < -0.39 is 0 Å². The molecule has 0 spiro atoms. The molecule has 1 fully saturated rings. The van der Waals surface area contributed by atoms with E-state index in [-0.39, 0.29) is 18.4 Å². The van der Waals surface area contributed by atoms with Crippen LogP contribution in [0.4, 0.5) is 11.8 Å². The third-order valence-electron chi connectivity index (χ3n) is 5.63. The summed E-state index contributed by atoms with van der Waals surface area (Å²) in [5.74, 6) is 1.15. The molecule has 0 aliphatic carbocycles. The predicted molar refractivity (Wildman–Crippen MR) is 115 cm³/mol. The number of fused-ring (bicyclic) bond motifs is 1. The Hall–Kier alpha value is -3.79. The first-order chi connectivity index (χ1) is 15.1. The zero-order valence-corrected chi connectivity index (χ0v) is 16.8. The van der Waals surface area contributed by atoms with Gasteiger partial charge < -0.3 is 20.8 Å². The number of nitrogen functional groups attached to an aromatic ring is 1. The number of aliphatic hydroxyl groups is 1. The van der Waals surface area contributed by atoms with E-state index in [0.29, 0.717) is 34.1 Å². The number of aliphatic hydroxyl groups excluding tert-OH is 1. The maximum Gasteiger partial charge on any atom is 0.225 e. The fraction of sp³-hybridized carbons (Fsp3) is 0.286. The summed E-state index contributed by atoms with van der Waals surface area (Å²) in [6.45, 7) is 1.48. The van der Waals surface area contributed by atoms with Crippen LogP contribution in [0.3, 0.4) is 0 Å². The number of rotatable bonds is 4. The second kappa shape index (κ2) is 7.80. The van der Waals surface area contributed by atoms with Gasteiger partial charge in [0.1, 0.15) is 5.75 Å². The van der Waals surface area contributed by atoms with E-state index in [1.807, 2.05) is 16.8 Å². The number of hydrogen-bond acceptors (Lipinski definition) is 9. The molecule has 0 radical (unpaired) electrons. The van der Waals surface area contributed by atoms with Crippen molar-refractivity contribution in [1.82, 2.24) is 29.9 Å². The Morgan fingerprint density at radius 1 is 1.06 bits per heavy atom. The van der Waals surface area contributed by atoms with Gasteiger partial charge in [0, 0.05) is 36.6 Å². The minimum atomic E-state index is -0.0677. The van der Waals surface area contributed by atoms with Crippen LogP contribution in [-0.2, 0) is 6.61 Å². The van der Waals surface area contributed by atoms with Crippen LogP contribution in [0, 0.1) is 0 Å². The van der Waals surface area contributed by atoms with Crippen LogP contribution >= 0.6 is 0 Å². The van der Waals surface area contributed by atoms with Crippen LogP contribution < -0.4 is 10.6 Å². The van der Waals surface area contributed by atoms with E-state index in [4.69, 9.17) is 10.8 Å². The number of benzene rings is 1. The highest BCUT2D eigenvalue weighted by molar-refractivity contribution is 5.87. The Labute approximate surface area is 178 Å². The van der Waals surface area contributed by atoms with Gasteiger partial charge in [-0.15, -0.1) is 10.2 Å². The molecule has 1 aliphatic heterocycles. The van der Waals surface area contributed by atoms with Crippen molar-refractivity contribution in [2.24, 2.45) is 0 Å². The Balaban J connectivity index is 1.41. The highest BCUT2D eigenvalue weighted by atomic mass is 16.3. The molecule has 1 aliphatic rings. The number of anilines is 2. The van der Waals surface area contributed by atoms with Gasteiger partial charge in [0.2, 0.25) is 5.95 Å². The van der Waals surface area contributed by atoms with Gasteiger partial charge in [-0.05, 0) is 31.0 Å². The largest absolute Gasteiger partial charge is 0.507 e. The van der Waals surface area contributed by atoms with E-state index in [9.17, 15) is 5.11 Å². The maximum absolute atomic E-state index is 10.2. The molecule has 10 nitrogen and oxygen atoms in total. The van der Waals surface area contributed by atoms with Crippen molar-refractivity contribution in [2.45, 2.75) is 25.5 Å². The molecule has 158 valence electrons. The topological polar surface area (TPSA) is 139 Å². The summed E-state index contributed by atoms with van der Waals surface area (Å²) >= 11 is 0. The molecular formula is C21H22N8O2. The van der Waals surface area contributed by atoms with Crippen molar-refractivity contribution in [2.75, 3.05) is 23.7 Å². The van der Waals surface area contributed by atoms with Crippen LogP contribution in [0.15, 0.2) is 42.7 Å². The number of piperidine rings is 1. The Morgan fingerprint density at radius 3 is 2.52 bits per heavy atom. The molecule has 31 heavy (non-hydrogen) atoms. The molecule has 0 bridgehead atoms. The fourth-order valence-electron chi connectivity index (χ4n) is 3.96. The molecule has 4 N–H and O–H groups in total. The van der Waals surface area contributed by atoms with Gasteiger partial charge in [0.15, 0.2) is 11.3 Å². The maximum atomic E-state index is 10.2. The normalized spacial score (nSPS) is 14.9. The predicted octanol–water partition coefficient (Wildman–Crippen LogP) is 1.90. The molecule has 0 atom stereocenters. The number of nitrogens with two attached hydrogens (primary N) is 1. The highest BCUT2D eigenvalue weighted by Crippen LogP contribution is 2.32. The Morgan fingerprint density at radius 2 is 1.81 bits per heavy atom. The first kappa shape index (κ1) is 19.2. The second-order valence-corrected chi connectivity index (χ2v) is 7.58. The summed E-state index contributed by atoms with van der Waals surface area (Å²) in [6.07, 6.45) is 4.98. The van der Waals surface area contributed by atoms with E-state index >= 15 is 0 Å². The monoisotopic (exact) mass is 418 g/mol. The van der Waals surface area contributed by atoms with Crippen molar-refractivity contribution < 1.29 is 10.2 Å². The van der Waals surface area contributed by atoms with Crippen LogP contribution in [0.2, 0.25) is 0 Å². The fourth-order valence-corrected chi connectivity index (χ4v) is 3.96. The quantitative estimate of drug-likeness (QED) is 0.453. The van der Waals surface area contributed by atoms with E-state index in [1.54, 1.807) is 30.6 Å². The number of para-hydroxylation sites is 1. The molecular weight excluding hydrogens is 396 g/mol. The molecule has 4 heterocycles. The molecule has 4 aromatic rings. The van der Waals surface area contributed by atoms with Crippen LogP contribution in [0.25, 0.3) is 22.3 Å². The number of aromatic hydroxyl groups is 1. The number of hydrogen-bond donors (Lipinski definition) is 3. The molecule has 0 unspecified atom stereocenters. The summed E-state index contributed by atoms with van der Waals surface area (Å²) in [5.41, 5.74) is 9.35. The molecule has 5 rings (SSSR count). The number of aromatic nitrogens is 6. The third-order valence-corrected chi connectivity index (χ3v) is 5.63. The molecule has 0 saturated carbocycles. The van der Waals surface area contributed by atoms with Crippen molar-refractivity contribution in [1.29, 1.82) is 0 Å². The number of phenols is 1. The van der Waals surface area contributed by atoms with Crippen LogP contribution in [0.5, 0.6) is 5.75 Å². The van der Waals surface area contributed by atoms with Crippen LogP contribution in [-0.4, -0.2) is 53.2 Å². The van der Waals surface area contributed by atoms with Crippen molar-refractivity contribution in [3.8, 4) is 17.0 Å². The van der Waals surface area contributed by atoms with Gasteiger partial charge in [0.25, 0.3) is 0 Å². The van der Waals surface area contributed by atoms with E-state index in [0.717, 1.165) is 31.4 Å². The molecule has 0 amide bonds. The highest BCUT2D eigenvalue weighted by Gasteiger charge is 2.25. The van der Waals surface area contributed by atoms with Crippen molar-refractivity contribution in [3.05, 3.63) is 48.3 Å². The second-order valence-electron chi connectivity index (χ2n) is 7.58. The van der Waals surface area contributed by atoms with E-state index in [2.05, 4.69) is 30.2 Å². The van der Waals surface area contributed by atoms with Crippen molar-refractivity contribution in [3.63, 3.8) is 0 Å². The average Bonchev–Trinajstić information content (AvgIpc) is 3.15. The summed E-state index contributed by atoms with van der Waals surface area (Å²) in [5, 5.41) is 32.4. The third kappa shape index (κ3) is 3.50. The molecule has 1 saturated heterocycles. The zero-order valence-electron chi connectivity index (χ0n) is 16.8. The van der Waals surface area contributed by atoms with Gasteiger partial charge in [-0.25, -0.2) is 9.97 Å².